The molecule has 0 saturated carbocycles. The summed E-state index contributed by atoms with van der Waals surface area (Å²) >= 11 is 16.8. The minimum Gasteiger partial charge on any atom is -0.229 e. The molecule has 1 heterocycles. The van der Waals surface area contributed by atoms with Gasteiger partial charge in [0.05, 0.1) is 15.7 Å². The van der Waals surface area contributed by atoms with Crippen molar-refractivity contribution < 1.29 is 0 Å². The highest BCUT2D eigenvalue weighted by atomic mass is 79.9. The molecule has 1 aromatic heterocycles. The molecule has 0 aliphatic carbocycles. The summed E-state index contributed by atoms with van der Waals surface area (Å²) in [4.78, 5) is 5.54. The maximum atomic E-state index is 5.95. The fourth-order valence-corrected chi connectivity index (χ4v) is 3.13. The second-order valence-electron chi connectivity index (χ2n) is 3.00. The van der Waals surface area contributed by atoms with Gasteiger partial charge in [-0.1, -0.05) is 29.3 Å². The van der Waals surface area contributed by atoms with E-state index in [1.54, 1.807) is 17.4 Å². The summed E-state index contributed by atoms with van der Waals surface area (Å²) in [5, 5.41) is 1.12. The molecule has 2 rings (SSSR count). The SMILES string of the molecule is Cc1sc(Br)nc1-c1ccc(Cl)c(Cl)c1. The minimum atomic E-state index is 0.553. The van der Waals surface area contributed by atoms with E-state index in [0.717, 1.165) is 20.1 Å². The first kappa shape index (κ1) is 11.4. The van der Waals surface area contributed by atoms with Gasteiger partial charge in [0.1, 0.15) is 0 Å². The fourth-order valence-electron chi connectivity index (χ4n) is 1.28. The summed E-state index contributed by atoms with van der Waals surface area (Å²) in [6.07, 6.45) is 0. The van der Waals surface area contributed by atoms with Crippen molar-refractivity contribution in [3.05, 3.63) is 37.0 Å². The Morgan fingerprint density at radius 1 is 1.27 bits per heavy atom. The summed E-state index contributed by atoms with van der Waals surface area (Å²) in [6, 6.07) is 5.53. The van der Waals surface area contributed by atoms with Crippen LogP contribution in [0.25, 0.3) is 11.3 Å². The Morgan fingerprint density at radius 3 is 2.53 bits per heavy atom. The van der Waals surface area contributed by atoms with Crippen molar-refractivity contribution in [3.8, 4) is 11.3 Å². The molecule has 0 unspecified atom stereocenters. The summed E-state index contributed by atoms with van der Waals surface area (Å²) < 4.78 is 0.876. The lowest BCUT2D eigenvalue weighted by molar-refractivity contribution is 1.35. The van der Waals surface area contributed by atoms with Gasteiger partial charge in [0, 0.05) is 10.4 Å². The number of aromatic nitrogens is 1. The maximum absolute atomic E-state index is 5.95. The standard InChI is InChI=1S/C10H6BrCl2NS/c1-5-9(14-10(11)15-5)6-2-3-7(12)8(13)4-6/h2-4H,1H3. The van der Waals surface area contributed by atoms with Crippen LogP contribution in [-0.2, 0) is 0 Å². The summed E-state index contributed by atoms with van der Waals surface area (Å²) in [7, 11) is 0. The monoisotopic (exact) mass is 321 g/mol. The Balaban J connectivity index is 2.54. The Kier molecular flexibility index (Phi) is 3.36. The number of aryl methyl sites for hydroxylation is 1. The molecule has 0 saturated heterocycles. The third kappa shape index (κ3) is 2.36. The van der Waals surface area contributed by atoms with Crippen molar-refractivity contribution in [2.24, 2.45) is 0 Å². The van der Waals surface area contributed by atoms with Gasteiger partial charge < -0.3 is 0 Å². The van der Waals surface area contributed by atoms with E-state index in [2.05, 4.69) is 20.9 Å². The van der Waals surface area contributed by atoms with Gasteiger partial charge in [-0.25, -0.2) is 4.98 Å². The third-order valence-corrected chi connectivity index (χ3v) is 4.12. The van der Waals surface area contributed by atoms with Crippen LogP contribution in [0, 0.1) is 6.92 Å². The highest BCUT2D eigenvalue weighted by molar-refractivity contribution is 9.11. The van der Waals surface area contributed by atoms with Crippen molar-refractivity contribution in [1.29, 1.82) is 0 Å². The number of rotatable bonds is 1. The van der Waals surface area contributed by atoms with Crippen LogP contribution in [0.5, 0.6) is 0 Å². The van der Waals surface area contributed by atoms with Crippen molar-refractivity contribution in [2.45, 2.75) is 6.92 Å². The zero-order valence-electron chi connectivity index (χ0n) is 7.72. The van der Waals surface area contributed by atoms with Crippen LogP contribution in [0.15, 0.2) is 22.1 Å². The Labute approximate surface area is 110 Å². The molecule has 78 valence electrons. The summed E-state index contributed by atoms with van der Waals surface area (Å²) in [6.45, 7) is 2.03. The van der Waals surface area contributed by atoms with Gasteiger partial charge in [-0.3, -0.25) is 0 Å². The molecule has 1 nitrogen and oxygen atoms in total. The van der Waals surface area contributed by atoms with Gasteiger partial charge in [-0.05, 0) is 35.0 Å². The lowest BCUT2D eigenvalue weighted by Gasteiger charge is -2.00. The van der Waals surface area contributed by atoms with Crippen molar-refractivity contribution in [1.82, 2.24) is 4.98 Å². The topological polar surface area (TPSA) is 12.9 Å². The number of hydrogen-bond donors (Lipinski definition) is 0. The van der Waals surface area contributed by atoms with Gasteiger partial charge in [0.15, 0.2) is 3.92 Å². The average molecular weight is 323 g/mol. The summed E-state index contributed by atoms with van der Waals surface area (Å²) in [5.41, 5.74) is 1.94. The van der Waals surface area contributed by atoms with Crippen molar-refractivity contribution >= 4 is 50.5 Å². The van der Waals surface area contributed by atoms with Crippen molar-refractivity contribution in [3.63, 3.8) is 0 Å². The molecule has 0 N–H and O–H groups in total. The second kappa shape index (κ2) is 4.42. The maximum Gasteiger partial charge on any atom is 0.160 e. The quantitative estimate of drug-likeness (QED) is 0.704. The molecule has 0 bridgehead atoms. The first-order chi connectivity index (χ1) is 7.08. The predicted molar refractivity (Wildman–Crippen MR) is 70.0 cm³/mol. The van der Waals surface area contributed by atoms with Gasteiger partial charge in [-0.15, -0.1) is 11.3 Å². The van der Waals surface area contributed by atoms with E-state index >= 15 is 0 Å². The molecule has 0 aliphatic rings. The molecule has 5 heteroatoms. The normalized spacial score (nSPS) is 10.7. The van der Waals surface area contributed by atoms with E-state index < -0.39 is 0 Å². The van der Waals surface area contributed by atoms with Crippen LogP contribution in [0.1, 0.15) is 4.88 Å². The molecule has 15 heavy (non-hydrogen) atoms. The van der Waals surface area contributed by atoms with Crippen LogP contribution in [0.2, 0.25) is 10.0 Å². The molecular weight excluding hydrogens is 317 g/mol. The highest BCUT2D eigenvalue weighted by Crippen LogP contribution is 2.33. The molecule has 0 amide bonds. The van der Waals surface area contributed by atoms with Crippen LogP contribution in [-0.4, -0.2) is 4.98 Å². The first-order valence-electron chi connectivity index (χ1n) is 4.16. The molecular formula is C10H6BrCl2NS. The number of hydrogen-bond acceptors (Lipinski definition) is 2. The summed E-state index contributed by atoms with van der Waals surface area (Å²) in [5.74, 6) is 0. The second-order valence-corrected chi connectivity index (χ2v) is 6.29. The van der Waals surface area contributed by atoms with Gasteiger partial charge in [0.25, 0.3) is 0 Å². The number of thiazole rings is 1. The van der Waals surface area contributed by atoms with Crippen LogP contribution >= 0.6 is 50.5 Å². The van der Waals surface area contributed by atoms with E-state index in [-0.39, 0.29) is 0 Å². The number of benzene rings is 1. The van der Waals surface area contributed by atoms with Gasteiger partial charge in [-0.2, -0.15) is 0 Å². The smallest absolute Gasteiger partial charge is 0.160 e. The predicted octanol–water partition coefficient (Wildman–Crippen LogP) is 5.19. The van der Waals surface area contributed by atoms with E-state index in [1.165, 1.54) is 0 Å². The van der Waals surface area contributed by atoms with E-state index in [9.17, 15) is 0 Å². The third-order valence-electron chi connectivity index (χ3n) is 1.96. The molecule has 0 fully saturated rings. The van der Waals surface area contributed by atoms with Crippen LogP contribution in [0.3, 0.4) is 0 Å². The Morgan fingerprint density at radius 2 is 2.00 bits per heavy atom. The van der Waals surface area contributed by atoms with Crippen molar-refractivity contribution in [2.75, 3.05) is 0 Å². The molecule has 1 aromatic carbocycles. The molecule has 0 spiro atoms. The Hall–Kier alpha value is -0.0900. The average Bonchev–Trinajstić information content (AvgIpc) is 2.50. The van der Waals surface area contributed by atoms with Gasteiger partial charge in [0.2, 0.25) is 0 Å². The highest BCUT2D eigenvalue weighted by Gasteiger charge is 2.09. The largest absolute Gasteiger partial charge is 0.229 e. The lowest BCUT2D eigenvalue weighted by atomic mass is 10.1. The molecule has 0 radical (unpaired) electrons. The molecule has 2 aromatic rings. The number of halogens is 3. The molecule has 0 atom stereocenters. The molecule has 0 aliphatic heterocycles. The Bertz CT molecular complexity index is 510. The first-order valence-corrected chi connectivity index (χ1v) is 6.53. The fraction of sp³-hybridized carbons (Fsp3) is 0.100. The van der Waals surface area contributed by atoms with Gasteiger partial charge >= 0.3 is 0 Å². The minimum absolute atomic E-state index is 0.553. The zero-order valence-corrected chi connectivity index (χ0v) is 11.6. The van der Waals surface area contributed by atoms with E-state index in [1.807, 2.05) is 19.1 Å². The zero-order chi connectivity index (χ0) is 11.0. The van der Waals surface area contributed by atoms with Crippen LogP contribution < -0.4 is 0 Å². The lowest BCUT2D eigenvalue weighted by Crippen LogP contribution is -1.80. The van der Waals surface area contributed by atoms with E-state index in [4.69, 9.17) is 23.2 Å². The van der Waals surface area contributed by atoms with E-state index in [0.29, 0.717) is 10.0 Å². The number of nitrogens with zero attached hydrogens (tertiary/aromatic N) is 1. The van der Waals surface area contributed by atoms with Crippen LogP contribution in [0.4, 0.5) is 0 Å².